The molecule has 2 unspecified atom stereocenters. The van der Waals surface area contributed by atoms with Crippen molar-refractivity contribution in [2.24, 2.45) is 5.92 Å². The second-order valence-electron chi connectivity index (χ2n) is 4.51. The van der Waals surface area contributed by atoms with Crippen LogP contribution in [0.4, 0.5) is 0 Å². The Balaban J connectivity index is 2.24. The monoisotopic (exact) mass is 236 g/mol. The van der Waals surface area contributed by atoms with Gasteiger partial charge in [-0.3, -0.25) is 0 Å². The van der Waals surface area contributed by atoms with Gasteiger partial charge < -0.3 is 14.6 Å². The fourth-order valence-electron chi connectivity index (χ4n) is 2.47. The molecule has 94 valence electrons. The summed E-state index contributed by atoms with van der Waals surface area (Å²) in [4.78, 5) is 0. The summed E-state index contributed by atoms with van der Waals surface area (Å²) in [5, 5.41) is 9.43. The maximum atomic E-state index is 9.43. The summed E-state index contributed by atoms with van der Waals surface area (Å²) in [6.45, 7) is 1.56. The number of aliphatic hydroxyl groups is 1. The molecule has 1 heterocycles. The van der Waals surface area contributed by atoms with Crippen LogP contribution in [0.3, 0.4) is 0 Å². The van der Waals surface area contributed by atoms with E-state index < -0.39 is 0 Å². The van der Waals surface area contributed by atoms with Crippen molar-refractivity contribution in [1.29, 1.82) is 0 Å². The number of benzene rings is 1. The van der Waals surface area contributed by atoms with Crippen molar-refractivity contribution < 1.29 is 14.6 Å². The average molecular weight is 236 g/mol. The fourth-order valence-corrected chi connectivity index (χ4v) is 2.47. The summed E-state index contributed by atoms with van der Waals surface area (Å²) in [6, 6.07) is 8.16. The number of hydrogen-bond acceptors (Lipinski definition) is 3. The second-order valence-corrected chi connectivity index (χ2v) is 4.51. The third-order valence-electron chi connectivity index (χ3n) is 3.34. The Bertz CT molecular complexity index is 351. The molecule has 0 bridgehead atoms. The van der Waals surface area contributed by atoms with E-state index in [4.69, 9.17) is 9.47 Å². The van der Waals surface area contributed by atoms with Crippen LogP contribution in [0, 0.1) is 5.92 Å². The maximum Gasteiger partial charge on any atom is 0.0878 e. The molecule has 2 rings (SSSR count). The molecule has 3 heteroatoms. The molecule has 0 aliphatic carbocycles. The van der Waals surface area contributed by atoms with Crippen molar-refractivity contribution in [2.45, 2.75) is 25.6 Å². The Morgan fingerprint density at radius 3 is 3.00 bits per heavy atom. The first-order valence-electron chi connectivity index (χ1n) is 6.16. The molecular formula is C14H20O3. The molecule has 1 aliphatic rings. The lowest BCUT2D eigenvalue weighted by molar-refractivity contribution is -0.0467. The SMILES string of the molecule is COCc1ccccc1C1OCCCC1CO. The van der Waals surface area contributed by atoms with E-state index in [0.717, 1.165) is 30.6 Å². The molecule has 0 amide bonds. The van der Waals surface area contributed by atoms with Gasteiger partial charge in [-0.1, -0.05) is 24.3 Å². The summed E-state index contributed by atoms with van der Waals surface area (Å²) in [5.41, 5.74) is 2.31. The molecule has 1 aliphatic heterocycles. The normalized spacial score (nSPS) is 24.8. The molecule has 1 aromatic rings. The van der Waals surface area contributed by atoms with E-state index in [1.165, 1.54) is 0 Å². The van der Waals surface area contributed by atoms with Crippen molar-refractivity contribution >= 4 is 0 Å². The van der Waals surface area contributed by atoms with Crippen LogP contribution in [0.1, 0.15) is 30.1 Å². The molecule has 0 saturated carbocycles. The van der Waals surface area contributed by atoms with Crippen LogP contribution in [0.25, 0.3) is 0 Å². The van der Waals surface area contributed by atoms with Gasteiger partial charge in [0.25, 0.3) is 0 Å². The standard InChI is InChI=1S/C14H20O3/c1-16-10-12-5-2-3-7-13(12)14-11(9-15)6-4-8-17-14/h2-3,5,7,11,14-15H,4,6,8-10H2,1H3. The highest BCUT2D eigenvalue weighted by Crippen LogP contribution is 2.35. The van der Waals surface area contributed by atoms with Gasteiger partial charge in [0.15, 0.2) is 0 Å². The van der Waals surface area contributed by atoms with Crippen LogP contribution in [0.5, 0.6) is 0 Å². The number of aliphatic hydroxyl groups excluding tert-OH is 1. The van der Waals surface area contributed by atoms with Crippen molar-refractivity contribution in [2.75, 3.05) is 20.3 Å². The van der Waals surface area contributed by atoms with E-state index in [1.54, 1.807) is 7.11 Å². The van der Waals surface area contributed by atoms with Crippen molar-refractivity contribution in [3.63, 3.8) is 0 Å². The highest BCUT2D eigenvalue weighted by Gasteiger charge is 2.28. The van der Waals surface area contributed by atoms with Gasteiger partial charge in [0.1, 0.15) is 0 Å². The first kappa shape index (κ1) is 12.6. The molecular weight excluding hydrogens is 216 g/mol. The van der Waals surface area contributed by atoms with E-state index >= 15 is 0 Å². The van der Waals surface area contributed by atoms with Gasteiger partial charge in [-0.05, 0) is 24.0 Å². The number of rotatable bonds is 4. The van der Waals surface area contributed by atoms with E-state index in [-0.39, 0.29) is 18.6 Å². The third-order valence-corrected chi connectivity index (χ3v) is 3.34. The quantitative estimate of drug-likeness (QED) is 0.871. The van der Waals surface area contributed by atoms with Crippen LogP contribution in [0.2, 0.25) is 0 Å². The minimum atomic E-state index is 0.0140. The molecule has 0 spiro atoms. The van der Waals surface area contributed by atoms with E-state index in [9.17, 15) is 5.11 Å². The zero-order valence-electron chi connectivity index (χ0n) is 10.3. The number of methoxy groups -OCH3 is 1. The smallest absolute Gasteiger partial charge is 0.0878 e. The van der Waals surface area contributed by atoms with Crippen molar-refractivity contribution in [1.82, 2.24) is 0 Å². The van der Waals surface area contributed by atoms with Crippen LogP contribution in [-0.2, 0) is 16.1 Å². The highest BCUT2D eigenvalue weighted by molar-refractivity contribution is 5.29. The molecule has 1 N–H and O–H groups in total. The topological polar surface area (TPSA) is 38.7 Å². The molecule has 1 fully saturated rings. The van der Waals surface area contributed by atoms with Crippen molar-refractivity contribution in [3.05, 3.63) is 35.4 Å². The Labute approximate surface area is 102 Å². The number of hydrogen-bond donors (Lipinski definition) is 1. The summed E-state index contributed by atoms with van der Waals surface area (Å²) in [5.74, 6) is 0.210. The number of ether oxygens (including phenoxy) is 2. The summed E-state index contributed by atoms with van der Waals surface area (Å²) < 4.78 is 11.0. The lowest BCUT2D eigenvalue weighted by Gasteiger charge is -2.32. The van der Waals surface area contributed by atoms with Crippen LogP contribution >= 0.6 is 0 Å². The average Bonchev–Trinajstić information content (AvgIpc) is 2.40. The molecule has 3 nitrogen and oxygen atoms in total. The van der Waals surface area contributed by atoms with Crippen LogP contribution in [-0.4, -0.2) is 25.4 Å². The Morgan fingerprint density at radius 1 is 1.41 bits per heavy atom. The summed E-state index contributed by atoms with van der Waals surface area (Å²) >= 11 is 0. The second kappa shape index (κ2) is 6.15. The lowest BCUT2D eigenvalue weighted by atomic mass is 9.88. The van der Waals surface area contributed by atoms with Gasteiger partial charge in [-0.15, -0.1) is 0 Å². The first-order valence-corrected chi connectivity index (χ1v) is 6.16. The predicted molar refractivity (Wildman–Crippen MR) is 65.7 cm³/mol. The predicted octanol–water partition coefficient (Wildman–Crippen LogP) is 2.29. The van der Waals surface area contributed by atoms with Gasteiger partial charge >= 0.3 is 0 Å². The molecule has 2 atom stereocenters. The Kier molecular flexibility index (Phi) is 4.54. The fraction of sp³-hybridized carbons (Fsp3) is 0.571. The largest absolute Gasteiger partial charge is 0.396 e. The zero-order chi connectivity index (χ0) is 12.1. The molecule has 0 radical (unpaired) electrons. The van der Waals surface area contributed by atoms with Gasteiger partial charge in [0, 0.05) is 26.2 Å². The minimum absolute atomic E-state index is 0.0140. The van der Waals surface area contributed by atoms with Gasteiger partial charge in [-0.25, -0.2) is 0 Å². The third kappa shape index (κ3) is 2.86. The van der Waals surface area contributed by atoms with E-state index in [2.05, 4.69) is 12.1 Å². The molecule has 1 saturated heterocycles. The minimum Gasteiger partial charge on any atom is -0.396 e. The molecule has 17 heavy (non-hydrogen) atoms. The van der Waals surface area contributed by atoms with Crippen LogP contribution < -0.4 is 0 Å². The Hall–Kier alpha value is -0.900. The van der Waals surface area contributed by atoms with E-state index in [0.29, 0.717) is 6.61 Å². The molecule has 1 aromatic carbocycles. The summed E-state index contributed by atoms with van der Waals surface area (Å²) in [6.07, 6.45) is 2.08. The van der Waals surface area contributed by atoms with Crippen LogP contribution in [0.15, 0.2) is 24.3 Å². The Morgan fingerprint density at radius 2 is 2.24 bits per heavy atom. The first-order chi connectivity index (χ1) is 8.36. The molecule has 0 aromatic heterocycles. The van der Waals surface area contributed by atoms with Gasteiger partial charge in [0.2, 0.25) is 0 Å². The summed E-state index contributed by atoms with van der Waals surface area (Å²) in [7, 11) is 1.70. The maximum absolute atomic E-state index is 9.43. The zero-order valence-corrected chi connectivity index (χ0v) is 10.3. The van der Waals surface area contributed by atoms with E-state index in [1.807, 2.05) is 12.1 Å². The van der Waals surface area contributed by atoms with Gasteiger partial charge in [-0.2, -0.15) is 0 Å². The lowest BCUT2D eigenvalue weighted by Crippen LogP contribution is -2.26. The van der Waals surface area contributed by atoms with Crippen molar-refractivity contribution in [3.8, 4) is 0 Å². The highest BCUT2D eigenvalue weighted by atomic mass is 16.5. The van der Waals surface area contributed by atoms with Gasteiger partial charge in [0.05, 0.1) is 12.7 Å².